The van der Waals surface area contributed by atoms with Gasteiger partial charge in [-0.15, -0.1) is 0 Å². The molecule has 0 saturated carbocycles. The molecule has 1 aromatic rings. The van der Waals surface area contributed by atoms with Gasteiger partial charge in [-0.3, -0.25) is 9.59 Å². The molecular formula is C17H21F3N2O3. The Kier molecular flexibility index (Phi) is 6.41. The highest BCUT2D eigenvalue weighted by Gasteiger charge is 2.39. The molecule has 1 atom stereocenters. The van der Waals surface area contributed by atoms with E-state index in [1.165, 1.54) is 4.90 Å². The Hall–Kier alpha value is -2.09. The number of methoxy groups -OCH3 is 1. The molecule has 8 heteroatoms. The monoisotopic (exact) mass is 358 g/mol. The minimum absolute atomic E-state index is 0.162. The number of anilines is 1. The van der Waals surface area contributed by atoms with Crippen LogP contribution in [0.2, 0.25) is 0 Å². The van der Waals surface area contributed by atoms with Crippen LogP contribution < -0.4 is 10.2 Å². The van der Waals surface area contributed by atoms with Crippen molar-refractivity contribution in [2.45, 2.75) is 38.0 Å². The molecule has 0 bridgehead atoms. The lowest BCUT2D eigenvalue weighted by atomic mass is 10.1. The number of nitrogens with zero attached hydrogens (tertiary/aromatic N) is 1. The maximum Gasteiger partial charge on any atom is 0.414 e. The number of amides is 2. The molecule has 25 heavy (non-hydrogen) atoms. The average Bonchev–Trinajstić information content (AvgIpc) is 2.70. The Bertz CT molecular complexity index is 619. The highest BCUT2D eigenvalue weighted by molar-refractivity contribution is 5.99. The Balaban J connectivity index is 1.94. The van der Waals surface area contributed by atoms with E-state index in [1.54, 1.807) is 12.1 Å². The van der Waals surface area contributed by atoms with Crippen molar-refractivity contribution in [1.29, 1.82) is 0 Å². The smallest absolute Gasteiger partial charge is 0.372 e. The van der Waals surface area contributed by atoms with E-state index in [1.807, 2.05) is 12.1 Å². The molecular weight excluding hydrogens is 337 g/mol. The van der Waals surface area contributed by atoms with Crippen molar-refractivity contribution in [3.63, 3.8) is 0 Å². The van der Waals surface area contributed by atoms with E-state index in [2.05, 4.69) is 10.1 Å². The summed E-state index contributed by atoms with van der Waals surface area (Å²) < 4.78 is 42.2. The number of hydrogen-bond acceptors (Lipinski definition) is 3. The number of halogens is 3. The summed E-state index contributed by atoms with van der Waals surface area (Å²) in [5.74, 6) is -0.660. The number of nitrogens with one attached hydrogen (secondary N) is 1. The maximum atomic E-state index is 12.6. The molecule has 1 aliphatic heterocycles. The zero-order valence-corrected chi connectivity index (χ0v) is 13.9. The third-order valence-electron chi connectivity index (χ3n) is 4.10. The van der Waals surface area contributed by atoms with Crippen LogP contribution in [0.25, 0.3) is 0 Å². The molecule has 2 rings (SSSR count). The lowest BCUT2D eigenvalue weighted by molar-refractivity contribution is -0.213. The van der Waals surface area contributed by atoms with Gasteiger partial charge in [0.15, 0.2) is 6.10 Å². The fourth-order valence-electron chi connectivity index (χ4n) is 2.82. The second-order valence-corrected chi connectivity index (χ2v) is 5.87. The number of carbonyl (C=O) groups is 2. The van der Waals surface area contributed by atoms with Gasteiger partial charge in [0.2, 0.25) is 11.8 Å². The van der Waals surface area contributed by atoms with Crippen LogP contribution in [0.5, 0.6) is 0 Å². The molecule has 1 N–H and O–H groups in total. The van der Waals surface area contributed by atoms with Crippen molar-refractivity contribution in [3.8, 4) is 0 Å². The molecule has 5 nitrogen and oxygen atoms in total. The van der Waals surface area contributed by atoms with Crippen LogP contribution in [0, 0.1) is 0 Å². The van der Waals surface area contributed by atoms with E-state index in [0.29, 0.717) is 18.5 Å². The largest absolute Gasteiger partial charge is 0.414 e. The van der Waals surface area contributed by atoms with Gasteiger partial charge in [0, 0.05) is 25.8 Å². The molecule has 1 aliphatic rings. The normalized spacial score (nSPS) is 16.2. The Morgan fingerprint density at radius 3 is 2.72 bits per heavy atom. The van der Waals surface area contributed by atoms with E-state index in [-0.39, 0.29) is 25.4 Å². The third kappa shape index (κ3) is 5.19. The predicted molar refractivity (Wildman–Crippen MR) is 86.2 cm³/mol. The lowest BCUT2D eigenvalue weighted by Crippen LogP contribution is -2.42. The van der Waals surface area contributed by atoms with E-state index >= 15 is 0 Å². The summed E-state index contributed by atoms with van der Waals surface area (Å²) in [6, 6.07) is 7.34. The Morgan fingerprint density at radius 2 is 2.04 bits per heavy atom. The zero-order valence-electron chi connectivity index (χ0n) is 13.9. The van der Waals surface area contributed by atoms with Gasteiger partial charge in [-0.1, -0.05) is 18.2 Å². The molecule has 0 radical (unpaired) electrons. The van der Waals surface area contributed by atoms with Crippen LogP contribution >= 0.6 is 0 Å². The van der Waals surface area contributed by atoms with Gasteiger partial charge in [-0.2, -0.15) is 13.2 Å². The first-order chi connectivity index (χ1) is 11.8. The summed E-state index contributed by atoms with van der Waals surface area (Å²) in [6.45, 7) is -0.389. The average molecular weight is 358 g/mol. The van der Waals surface area contributed by atoms with Gasteiger partial charge in [0.25, 0.3) is 0 Å². The van der Waals surface area contributed by atoms with E-state index in [4.69, 9.17) is 0 Å². The van der Waals surface area contributed by atoms with Gasteiger partial charge in [0.05, 0.1) is 0 Å². The topological polar surface area (TPSA) is 58.6 Å². The molecule has 2 amide bonds. The summed E-state index contributed by atoms with van der Waals surface area (Å²) in [7, 11) is 0.979. The molecule has 0 fully saturated rings. The summed E-state index contributed by atoms with van der Waals surface area (Å²) in [6.07, 6.45) is -4.98. The highest BCUT2D eigenvalue weighted by atomic mass is 19.4. The second-order valence-electron chi connectivity index (χ2n) is 5.87. The summed E-state index contributed by atoms with van der Waals surface area (Å²) in [5.41, 5.74) is 1.67. The van der Waals surface area contributed by atoms with Crippen molar-refractivity contribution >= 4 is 17.5 Å². The fraction of sp³-hybridized carbons (Fsp3) is 0.529. The molecule has 0 aromatic heterocycles. The quantitative estimate of drug-likeness (QED) is 0.850. The second kappa shape index (κ2) is 8.33. The number of ether oxygens (including phenoxy) is 1. The van der Waals surface area contributed by atoms with Crippen LogP contribution in [0.1, 0.15) is 24.8 Å². The lowest BCUT2D eigenvalue weighted by Gasteiger charge is -2.23. The summed E-state index contributed by atoms with van der Waals surface area (Å²) in [4.78, 5) is 25.7. The first-order valence-electron chi connectivity index (χ1n) is 8.07. The minimum atomic E-state index is -4.47. The van der Waals surface area contributed by atoms with Crippen LogP contribution in [-0.2, 0) is 20.7 Å². The fourth-order valence-corrected chi connectivity index (χ4v) is 2.82. The van der Waals surface area contributed by atoms with Crippen LogP contribution in [0.3, 0.4) is 0 Å². The first-order valence-corrected chi connectivity index (χ1v) is 8.07. The molecule has 1 aromatic carbocycles. The number of fused-ring (bicyclic) bond motifs is 1. The molecule has 1 heterocycles. The van der Waals surface area contributed by atoms with Crippen molar-refractivity contribution < 1.29 is 27.5 Å². The van der Waals surface area contributed by atoms with Crippen LogP contribution in [0.15, 0.2) is 24.3 Å². The van der Waals surface area contributed by atoms with E-state index < -0.39 is 18.2 Å². The molecule has 138 valence electrons. The molecule has 0 aliphatic carbocycles. The SMILES string of the molecule is COC(CCNC(=O)CN1C(=O)CCCc2ccccc21)C(F)(F)F. The van der Waals surface area contributed by atoms with Crippen molar-refractivity contribution in [3.05, 3.63) is 29.8 Å². The number of benzene rings is 1. The summed E-state index contributed by atoms with van der Waals surface area (Å²) >= 11 is 0. The van der Waals surface area contributed by atoms with Gasteiger partial charge in [0.1, 0.15) is 6.54 Å². The van der Waals surface area contributed by atoms with E-state index in [9.17, 15) is 22.8 Å². The van der Waals surface area contributed by atoms with E-state index in [0.717, 1.165) is 19.1 Å². The maximum absolute atomic E-state index is 12.6. The Labute approximate surface area is 144 Å². The van der Waals surface area contributed by atoms with Crippen LogP contribution in [-0.4, -0.2) is 44.3 Å². The van der Waals surface area contributed by atoms with Crippen molar-refractivity contribution in [2.75, 3.05) is 25.1 Å². The van der Waals surface area contributed by atoms with Gasteiger partial charge in [-0.25, -0.2) is 0 Å². The molecule has 0 spiro atoms. The van der Waals surface area contributed by atoms with Gasteiger partial charge < -0.3 is 15.0 Å². The van der Waals surface area contributed by atoms with Gasteiger partial charge >= 0.3 is 6.18 Å². The summed E-state index contributed by atoms with van der Waals surface area (Å²) in [5, 5.41) is 2.43. The van der Waals surface area contributed by atoms with Crippen molar-refractivity contribution in [1.82, 2.24) is 5.32 Å². The number of alkyl halides is 3. The zero-order chi connectivity index (χ0) is 18.4. The van der Waals surface area contributed by atoms with Crippen molar-refractivity contribution in [2.24, 2.45) is 0 Å². The molecule has 0 saturated heterocycles. The molecule has 1 unspecified atom stereocenters. The number of para-hydroxylation sites is 1. The number of aryl methyl sites for hydroxylation is 1. The number of rotatable bonds is 6. The third-order valence-corrected chi connectivity index (χ3v) is 4.10. The standard InChI is InChI=1S/C17H21F3N2O3/c1-25-14(17(18,19)20)9-10-21-15(23)11-22-13-7-3-2-5-12(13)6-4-8-16(22)24/h2-3,5,7,14H,4,6,8-11H2,1H3,(H,21,23). The van der Waals surface area contributed by atoms with Crippen LogP contribution in [0.4, 0.5) is 18.9 Å². The number of hydrogen-bond donors (Lipinski definition) is 1. The predicted octanol–water partition coefficient (Wildman–Crippen LogP) is 2.44. The van der Waals surface area contributed by atoms with Gasteiger partial charge in [-0.05, 0) is 30.9 Å². The Morgan fingerprint density at radius 1 is 1.32 bits per heavy atom. The first kappa shape index (κ1) is 19.2. The number of carbonyl (C=O) groups excluding carboxylic acids is 2. The highest BCUT2D eigenvalue weighted by Crippen LogP contribution is 2.26. The minimum Gasteiger partial charge on any atom is -0.372 e.